The Labute approximate surface area is 76.9 Å². The van der Waals surface area contributed by atoms with Crippen LogP contribution >= 0.6 is 21.3 Å². The maximum Gasteiger partial charge on any atom is 1.00 e. The van der Waals surface area contributed by atoms with E-state index in [1.165, 1.54) is 0 Å². The van der Waals surface area contributed by atoms with Crippen LogP contribution in [0.2, 0.25) is 0 Å². The Kier molecular flexibility index (Phi) is 24.3. The molecule has 0 atom stereocenters. The summed E-state index contributed by atoms with van der Waals surface area (Å²) in [6.07, 6.45) is 0. The molecule has 0 spiro atoms. The molecule has 4 nitrogen and oxygen atoms in total. The van der Waals surface area contributed by atoms with Gasteiger partial charge in [-0.05, 0) is 0 Å². The summed E-state index contributed by atoms with van der Waals surface area (Å²) >= 11 is 0. The summed E-state index contributed by atoms with van der Waals surface area (Å²) < 4.78 is 8.55. The Bertz CT molecular complexity index is 62.2. The minimum atomic E-state index is -5.39. The molecule has 0 rings (SSSR count). The van der Waals surface area contributed by atoms with Crippen LogP contribution in [0.3, 0.4) is 0 Å². The van der Waals surface area contributed by atoms with Crippen molar-refractivity contribution >= 4 is 38.9 Å². The second-order valence-corrected chi connectivity index (χ2v) is 1.34. The molecule has 0 saturated carbocycles. The van der Waals surface area contributed by atoms with E-state index in [4.69, 9.17) is 19.2 Å². The summed E-state index contributed by atoms with van der Waals surface area (Å²) in [6.45, 7) is 0. The molecule has 0 aliphatic heterocycles. The molecule has 8 heavy (non-hydrogen) atoms. The second kappa shape index (κ2) is 8.60. The van der Waals surface area contributed by atoms with Crippen LogP contribution in [0, 0.1) is 0 Å². The van der Waals surface area contributed by atoms with Crippen molar-refractivity contribution in [2.45, 2.75) is 0 Å². The first-order valence-electron chi connectivity index (χ1n) is 0.730. The Morgan fingerprint density at radius 2 is 1.12 bits per heavy atom. The molecule has 4 radical (unpaired) electrons. The molecule has 0 unspecified atom stereocenters. The van der Waals surface area contributed by atoms with Crippen LogP contribution < -0.4 is 33.5 Å². The molecule has 0 fully saturated rings. The zero-order valence-electron chi connectivity index (χ0n) is 4.08. The Balaban J connectivity index is -0.0000000267. The first kappa shape index (κ1) is 22.6. The van der Waals surface area contributed by atoms with Gasteiger partial charge in [0.1, 0.15) is 0 Å². The fraction of sp³-hybridized carbons (Fsp3) is 0. The number of hydrogen-bond donors (Lipinski definition) is 0. The van der Waals surface area contributed by atoms with Gasteiger partial charge in [0.25, 0.3) is 0 Å². The van der Waals surface area contributed by atoms with Gasteiger partial charge in [-0.2, -0.15) is 21.3 Å². The molecule has 0 amide bonds. The Hall–Kier alpha value is 1.60. The summed E-state index contributed by atoms with van der Waals surface area (Å²) in [5, 5.41) is 0. The Morgan fingerprint density at radius 3 is 1.12 bits per heavy atom. The van der Waals surface area contributed by atoms with Crippen LogP contribution in [0.1, 0.15) is 0 Å². The first-order chi connectivity index (χ1) is 2.00. The third-order valence-electron chi connectivity index (χ3n) is 0. The van der Waals surface area contributed by atoms with Gasteiger partial charge in [-0.3, -0.25) is 0 Å². The fourth-order valence-corrected chi connectivity index (χ4v) is 0. The van der Waals surface area contributed by atoms with Crippen LogP contribution in [0.4, 0.5) is 0 Å². The van der Waals surface area contributed by atoms with Crippen molar-refractivity contribution in [3.63, 3.8) is 0 Å². The molecule has 0 saturated heterocycles. The molecule has 0 aromatic heterocycles. The van der Waals surface area contributed by atoms with Crippen LogP contribution in [0.15, 0.2) is 0 Å². The van der Waals surface area contributed by atoms with Crippen molar-refractivity contribution in [1.29, 1.82) is 0 Å². The summed E-state index contributed by atoms with van der Waals surface area (Å²) in [7, 11) is -5.39. The molecule has 0 bridgehead atoms. The predicted octanol–water partition coefficient (Wildman–Crippen LogP) is -6.09. The van der Waals surface area contributed by atoms with E-state index in [0.29, 0.717) is 0 Å². The molecule has 0 N–H and O–H groups in total. The molecular weight excluding hydrogens is 207 g/mol. The molecule has 44 valence electrons. The van der Waals surface area contributed by atoms with Gasteiger partial charge < -0.3 is 19.2 Å². The standard InChI is InChI=1S/Ge.Li.H3O4P.H2S/c;;1-5(2,3)4;/h;;(H3,1,2,3,4);1H2/q;+1;;/p-3. The Morgan fingerprint density at radius 1 is 1.12 bits per heavy atom. The maximum atomic E-state index is 8.55. The number of hydrogen-bond acceptors (Lipinski definition) is 4. The van der Waals surface area contributed by atoms with E-state index < -0.39 is 7.82 Å². The first-order valence-corrected chi connectivity index (χ1v) is 2.19. The maximum absolute atomic E-state index is 8.55. The normalized spacial score (nSPS) is 7.38. The SMILES string of the molecule is O=P([O-])([O-])[O-].S.[Ge].[Li+]. The molecular formula is H2GeLiO4PS-2. The van der Waals surface area contributed by atoms with Crippen molar-refractivity contribution < 1.29 is 38.1 Å². The second-order valence-electron chi connectivity index (χ2n) is 0.447. The average molecular weight is 209 g/mol. The van der Waals surface area contributed by atoms with Crippen LogP contribution in [-0.4, -0.2) is 17.6 Å². The topological polar surface area (TPSA) is 86.2 Å². The van der Waals surface area contributed by atoms with Crippen molar-refractivity contribution in [2.24, 2.45) is 0 Å². The van der Waals surface area contributed by atoms with Crippen molar-refractivity contribution in [3.8, 4) is 0 Å². The smallest absolute Gasteiger partial charge is 0.822 e. The van der Waals surface area contributed by atoms with Crippen LogP contribution in [0.5, 0.6) is 0 Å². The van der Waals surface area contributed by atoms with Gasteiger partial charge in [0.15, 0.2) is 0 Å². The van der Waals surface area contributed by atoms with E-state index in [1.54, 1.807) is 0 Å². The average Bonchev–Trinajstić information content (AvgIpc) is 0.722. The molecule has 8 heteroatoms. The van der Waals surface area contributed by atoms with Crippen molar-refractivity contribution in [3.05, 3.63) is 0 Å². The van der Waals surface area contributed by atoms with Gasteiger partial charge in [0, 0.05) is 17.6 Å². The number of phosphoric acid groups is 1. The van der Waals surface area contributed by atoms with Crippen molar-refractivity contribution in [1.82, 2.24) is 0 Å². The predicted molar refractivity (Wildman–Crippen MR) is 23.7 cm³/mol. The van der Waals surface area contributed by atoms with Gasteiger partial charge in [-0.25, -0.2) is 0 Å². The zero-order valence-corrected chi connectivity index (χ0v) is 8.07. The van der Waals surface area contributed by atoms with Crippen LogP contribution in [-0.2, 0) is 4.57 Å². The fourth-order valence-electron chi connectivity index (χ4n) is 0. The van der Waals surface area contributed by atoms with Gasteiger partial charge in [-0.15, -0.1) is 0 Å². The summed E-state index contributed by atoms with van der Waals surface area (Å²) in [6, 6.07) is 0. The minimum absolute atomic E-state index is 0. The monoisotopic (exact) mass is 210 g/mol. The molecule has 0 aromatic carbocycles. The summed E-state index contributed by atoms with van der Waals surface area (Å²) in [4.78, 5) is 25.6. The van der Waals surface area contributed by atoms with Crippen molar-refractivity contribution in [2.75, 3.05) is 0 Å². The van der Waals surface area contributed by atoms with E-state index in [9.17, 15) is 0 Å². The third-order valence-corrected chi connectivity index (χ3v) is 0. The van der Waals surface area contributed by atoms with E-state index in [-0.39, 0.29) is 50.0 Å². The molecule has 0 aromatic rings. The van der Waals surface area contributed by atoms with Gasteiger partial charge in [-0.1, -0.05) is 0 Å². The molecule has 0 aliphatic rings. The van der Waals surface area contributed by atoms with E-state index in [0.717, 1.165) is 0 Å². The zero-order chi connectivity index (χ0) is 4.50. The molecule has 0 aliphatic carbocycles. The van der Waals surface area contributed by atoms with Gasteiger partial charge in [0.05, 0.1) is 0 Å². The van der Waals surface area contributed by atoms with E-state index >= 15 is 0 Å². The third kappa shape index (κ3) is 129. The van der Waals surface area contributed by atoms with E-state index in [2.05, 4.69) is 0 Å². The van der Waals surface area contributed by atoms with Crippen LogP contribution in [0.25, 0.3) is 0 Å². The van der Waals surface area contributed by atoms with Gasteiger partial charge in [0.2, 0.25) is 0 Å². The molecule has 0 heterocycles. The quantitative estimate of drug-likeness (QED) is 0.293. The van der Waals surface area contributed by atoms with E-state index in [1.807, 2.05) is 0 Å². The summed E-state index contributed by atoms with van der Waals surface area (Å²) in [5.41, 5.74) is 0. The summed E-state index contributed by atoms with van der Waals surface area (Å²) in [5.74, 6) is 0. The van der Waals surface area contributed by atoms with Gasteiger partial charge >= 0.3 is 18.9 Å². The number of rotatable bonds is 0. The minimum Gasteiger partial charge on any atom is -0.822 e. The largest absolute Gasteiger partial charge is 1.00 e.